The summed E-state index contributed by atoms with van der Waals surface area (Å²) in [5, 5.41) is 4.41. The first-order valence-corrected chi connectivity index (χ1v) is 16.1. The highest BCUT2D eigenvalue weighted by Gasteiger charge is 2.35. The normalized spacial score (nSPS) is 13.5. The van der Waals surface area contributed by atoms with E-state index in [9.17, 15) is 0 Å². The molecule has 0 N–H and O–H groups in total. The molecule has 0 radical (unpaired) electrons. The number of benzene rings is 6. The van der Waals surface area contributed by atoms with Gasteiger partial charge in [-0.05, 0) is 58.7 Å². The second-order valence-corrected chi connectivity index (χ2v) is 13.0. The predicted octanol–water partition coefficient (Wildman–Crippen LogP) is 11.1. The summed E-state index contributed by atoms with van der Waals surface area (Å²) in [6.45, 7) is 4.64. The van der Waals surface area contributed by atoms with E-state index in [-0.39, 0.29) is 5.41 Å². The van der Waals surface area contributed by atoms with Crippen LogP contribution in [0, 0.1) is 0 Å². The van der Waals surface area contributed by atoms with Gasteiger partial charge in [0.25, 0.3) is 0 Å². The summed E-state index contributed by atoms with van der Waals surface area (Å²) in [6, 6.07) is 49.2. The van der Waals surface area contributed by atoms with Gasteiger partial charge >= 0.3 is 0 Å². The molecule has 1 aliphatic carbocycles. The summed E-state index contributed by atoms with van der Waals surface area (Å²) < 4.78 is 8.74. The van der Waals surface area contributed by atoms with Gasteiger partial charge in [0.1, 0.15) is 11.2 Å². The van der Waals surface area contributed by atoms with Gasteiger partial charge in [-0.15, -0.1) is 0 Å². The molecule has 0 aliphatic heterocycles. The van der Waals surface area contributed by atoms with Gasteiger partial charge in [0.05, 0.1) is 27.8 Å². The van der Waals surface area contributed by atoms with Crippen LogP contribution in [0.4, 0.5) is 0 Å². The molecular formula is C43H29N3O. The molecule has 9 aromatic rings. The lowest BCUT2D eigenvalue weighted by Crippen LogP contribution is -2.15. The molecule has 0 unspecified atom stereocenters. The maximum Gasteiger partial charge on any atom is 0.235 e. The lowest BCUT2D eigenvalue weighted by atomic mass is 9.82. The molecule has 0 atom stereocenters. The molecule has 6 aromatic carbocycles. The Labute approximate surface area is 271 Å². The number of para-hydroxylation sites is 2. The minimum atomic E-state index is -0.106. The summed E-state index contributed by atoms with van der Waals surface area (Å²) in [4.78, 5) is 10.6. The summed E-state index contributed by atoms with van der Waals surface area (Å²) >= 11 is 0. The van der Waals surface area contributed by atoms with Crippen molar-refractivity contribution < 1.29 is 4.42 Å². The number of aromatic nitrogens is 3. The molecule has 0 amide bonds. The van der Waals surface area contributed by atoms with Crippen LogP contribution < -0.4 is 0 Å². The van der Waals surface area contributed by atoms with Gasteiger partial charge in [0.15, 0.2) is 0 Å². The van der Waals surface area contributed by atoms with Crippen LogP contribution in [0.3, 0.4) is 0 Å². The minimum Gasteiger partial charge on any atom is -0.455 e. The van der Waals surface area contributed by atoms with Crippen molar-refractivity contribution in [2.45, 2.75) is 19.3 Å². The van der Waals surface area contributed by atoms with E-state index in [1.165, 1.54) is 22.3 Å². The van der Waals surface area contributed by atoms with Crippen molar-refractivity contribution in [3.8, 4) is 39.6 Å². The topological polar surface area (TPSA) is 43.9 Å². The molecule has 4 nitrogen and oxygen atoms in total. The molecule has 3 aromatic heterocycles. The number of hydrogen-bond donors (Lipinski definition) is 0. The second kappa shape index (κ2) is 9.51. The van der Waals surface area contributed by atoms with Crippen LogP contribution in [0.2, 0.25) is 0 Å². The van der Waals surface area contributed by atoms with E-state index in [0.29, 0.717) is 5.95 Å². The van der Waals surface area contributed by atoms with E-state index < -0.39 is 0 Å². The first kappa shape index (κ1) is 26.2. The van der Waals surface area contributed by atoms with Gasteiger partial charge in [0, 0.05) is 32.7 Å². The van der Waals surface area contributed by atoms with E-state index in [4.69, 9.17) is 14.4 Å². The Kier molecular flexibility index (Phi) is 5.31. The van der Waals surface area contributed by atoms with E-state index in [1.807, 2.05) is 18.2 Å². The molecule has 1 aliphatic rings. The SMILES string of the molecule is CC1(C)c2ccccc2-c2ccc(-c3cc(-c4ccccc4)nc(-n4c5ccccc5c5c6oc7ccccc7c6ccc54)n3)cc21. The molecule has 4 heteroatoms. The fourth-order valence-corrected chi connectivity index (χ4v) is 7.75. The Morgan fingerprint density at radius 1 is 0.532 bits per heavy atom. The molecule has 222 valence electrons. The number of fused-ring (bicyclic) bond motifs is 10. The quantitative estimate of drug-likeness (QED) is 0.202. The molecule has 0 spiro atoms. The first-order valence-electron chi connectivity index (χ1n) is 16.1. The molecule has 0 fully saturated rings. The van der Waals surface area contributed by atoms with Crippen LogP contribution in [0.25, 0.3) is 83.3 Å². The van der Waals surface area contributed by atoms with Crippen molar-refractivity contribution in [3.05, 3.63) is 151 Å². The summed E-state index contributed by atoms with van der Waals surface area (Å²) in [5.41, 5.74) is 12.9. The Balaban J connectivity index is 1.25. The first-order chi connectivity index (χ1) is 23.1. The highest BCUT2D eigenvalue weighted by atomic mass is 16.3. The molecule has 0 saturated carbocycles. The van der Waals surface area contributed by atoms with Gasteiger partial charge in [-0.1, -0.05) is 117 Å². The van der Waals surface area contributed by atoms with Crippen LogP contribution in [0.1, 0.15) is 25.0 Å². The van der Waals surface area contributed by atoms with Crippen LogP contribution >= 0.6 is 0 Å². The molecule has 0 saturated heterocycles. The van der Waals surface area contributed by atoms with Gasteiger partial charge < -0.3 is 4.42 Å². The van der Waals surface area contributed by atoms with Gasteiger partial charge in [-0.25, -0.2) is 9.97 Å². The number of nitrogens with zero attached hydrogens (tertiary/aromatic N) is 3. The highest BCUT2D eigenvalue weighted by Crippen LogP contribution is 2.49. The van der Waals surface area contributed by atoms with Crippen molar-refractivity contribution in [1.82, 2.24) is 14.5 Å². The van der Waals surface area contributed by atoms with E-state index in [0.717, 1.165) is 66.3 Å². The standard InChI is InChI=1S/C43H29N3O/c1-43(2)33-17-9-6-14-28(33)29-21-20-27(24-34(29)43)36-25-35(26-12-4-3-5-13-26)44-42(45-36)46-37-18-10-7-16-32(37)40-38(46)23-22-31-30-15-8-11-19-39(30)47-41(31)40/h3-25H,1-2H3. The zero-order valence-electron chi connectivity index (χ0n) is 26.0. The third-order valence-corrected chi connectivity index (χ3v) is 10.0. The zero-order chi connectivity index (χ0) is 31.3. The van der Waals surface area contributed by atoms with Gasteiger partial charge in [-0.3, -0.25) is 4.57 Å². The van der Waals surface area contributed by atoms with Crippen molar-refractivity contribution in [2.75, 3.05) is 0 Å². The van der Waals surface area contributed by atoms with Crippen LogP contribution in [0.5, 0.6) is 0 Å². The molecule has 3 heterocycles. The lowest BCUT2D eigenvalue weighted by molar-refractivity contribution is 0.660. The number of rotatable bonds is 3. The van der Waals surface area contributed by atoms with Crippen molar-refractivity contribution in [1.29, 1.82) is 0 Å². The van der Waals surface area contributed by atoms with E-state index >= 15 is 0 Å². The predicted molar refractivity (Wildman–Crippen MR) is 192 cm³/mol. The third-order valence-electron chi connectivity index (χ3n) is 10.0. The Morgan fingerprint density at radius 2 is 1.23 bits per heavy atom. The Hall–Kier alpha value is -6.00. The monoisotopic (exact) mass is 603 g/mol. The largest absolute Gasteiger partial charge is 0.455 e. The maximum atomic E-state index is 6.54. The minimum absolute atomic E-state index is 0.106. The smallest absolute Gasteiger partial charge is 0.235 e. The van der Waals surface area contributed by atoms with Gasteiger partial charge in [0.2, 0.25) is 5.95 Å². The van der Waals surface area contributed by atoms with Crippen LogP contribution in [0.15, 0.2) is 144 Å². The lowest BCUT2D eigenvalue weighted by Gasteiger charge is -2.22. The zero-order valence-corrected chi connectivity index (χ0v) is 26.0. The third kappa shape index (κ3) is 3.70. The van der Waals surface area contributed by atoms with E-state index in [2.05, 4.69) is 140 Å². The van der Waals surface area contributed by atoms with Crippen LogP contribution in [-0.4, -0.2) is 14.5 Å². The Bertz CT molecular complexity index is 2710. The fraction of sp³-hybridized carbons (Fsp3) is 0.0698. The molecule has 47 heavy (non-hydrogen) atoms. The van der Waals surface area contributed by atoms with Gasteiger partial charge in [-0.2, -0.15) is 0 Å². The summed E-state index contributed by atoms with van der Waals surface area (Å²) in [5.74, 6) is 0.631. The van der Waals surface area contributed by atoms with Crippen LogP contribution in [-0.2, 0) is 5.41 Å². The Morgan fingerprint density at radius 3 is 2.11 bits per heavy atom. The fourth-order valence-electron chi connectivity index (χ4n) is 7.75. The number of hydrogen-bond acceptors (Lipinski definition) is 3. The summed E-state index contributed by atoms with van der Waals surface area (Å²) in [6.07, 6.45) is 0. The molecule has 10 rings (SSSR count). The summed E-state index contributed by atoms with van der Waals surface area (Å²) in [7, 11) is 0. The maximum absolute atomic E-state index is 6.54. The average Bonchev–Trinajstić information content (AvgIpc) is 3.74. The van der Waals surface area contributed by atoms with Crippen molar-refractivity contribution >= 4 is 43.7 Å². The average molecular weight is 604 g/mol. The molecular weight excluding hydrogens is 574 g/mol. The second-order valence-electron chi connectivity index (χ2n) is 13.0. The van der Waals surface area contributed by atoms with Crippen molar-refractivity contribution in [2.24, 2.45) is 0 Å². The number of furan rings is 1. The molecule has 0 bridgehead atoms. The van der Waals surface area contributed by atoms with Crippen molar-refractivity contribution in [3.63, 3.8) is 0 Å². The highest BCUT2D eigenvalue weighted by molar-refractivity contribution is 6.23. The van der Waals surface area contributed by atoms with E-state index in [1.54, 1.807) is 0 Å².